The van der Waals surface area contributed by atoms with Gasteiger partial charge in [0.1, 0.15) is 5.69 Å². The summed E-state index contributed by atoms with van der Waals surface area (Å²) < 4.78 is 32.0. The second-order valence-electron chi connectivity index (χ2n) is 7.01. The zero-order valence-electron chi connectivity index (χ0n) is 16.8. The molecule has 0 N–H and O–H groups in total. The molecule has 1 fully saturated rings. The molecule has 160 valence electrons. The number of hydrogen-bond acceptors (Lipinski definition) is 7. The predicted octanol–water partition coefficient (Wildman–Crippen LogP) is 2.59. The molecule has 1 heterocycles. The Labute approximate surface area is 175 Å². The van der Waals surface area contributed by atoms with Crippen molar-refractivity contribution < 1.29 is 22.9 Å². The van der Waals surface area contributed by atoms with E-state index < -0.39 is 20.9 Å². The van der Waals surface area contributed by atoms with Crippen LogP contribution in [0.3, 0.4) is 0 Å². The summed E-state index contributed by atoms with van der Waals surface area (Å²) in [5.74, 6) is -0.657. The molecule has 1 aliphatic rings. The molecular formula is C20H23N3O6S. The zero-order valence-corrected chi connectivity index (χ0v) is 17.6. The molecule has 2 aromatic rings. The molecule has 0 aromatic heterocycles. The van der Waals surface area contributed by atoms with Gasteiger partial charge in [-0.3, -0.25) is 10.1 Å². The Kier molecular flexibility index (Phi) is 6.37. The fraction of sp³-hybridized carbons (Fsp3) is 0.350. The number of aryl methyl sites for hydroxylation is 1. The molecule has 1 saturated heterocycles. The molecule has 0 radical (unpaired) electrons. The minimum absolute atomic E-state index is 0.0892. The SMILES string of the molecule is COC(=O)c1ccc(N2CCCN(S(=O)(=O)c3ccc(C)cc3)CC2)c([N+](=O)[O-])c1. The molecule has 3 rings (SSSR count). The standard InChI is InChI=1S/C20H23N3O6S/c1-15-4-7-17(8-5-15)30(27,28)22-11-3-10-21(12-13-22)18-9-6-16(20(24)29-2)14-19(18)23(25)26/h4-9,14H,3,10-13H2,1-2H3. The quantitative estimate of drug-likeness (QED) is 0.405. The van der Waals surface area contributed by atoms with Gasteiger partial charge in [-0.2, -0.15) is 4.31 Å². The van der Waals surface area contributed by atoms with Crippen molar-refractivity contribution in [3.8, 4) is 0 Å². The molecule has 30 heavy (non-hydrogen) atoms. The highest BCUT2D eigenvalue weighted by Crippen LogP contribution is 2.31. The molecule has 9 nitrogen and oxygen atoms in total. The van der Waals surface area contributed by atoms with E-state index in [0.717, 1.165) is 5.56 Å². The fourth-order valence-electron chi connectivity index (χ4n) is 3.42. The minimum Gasteiger partial charge on any atom is -0.465 e. The molecule has 0 aliphatic carbocycles. The highest BCUT2D eigenvalue weighted by Gasteiger charge is 2.29. The Morgan fingerprint density at radius 2 is 1.77 bits per heavy atom. The fourth-order valence-corrected chi connectivity index (χ4v) is 4.89. The monoisotopic (exact) mass is 433 g/mol. The number of sulfonamides is 1. The van der Waals surface area contributed by atoms with Gasteiger partial charge in [-0.15, -0.1) is 0 Å². The van der Waals surface area contributed by atoms with Crippen LogP contribution >= 0.6 is 0 Å². The molecule has 0 atom stereocenters. The third kappa shape index (κ3) is 4.44. The summed E-state index contributed by atoms with van der Waals surface area (Å²) in [5.41, 5.74) is 1.19. The Morgan fingerprint density at radius 1 is 1.07 bits per heavy atom. The van der Waals surface area contributed by atoms with Crippen LogP contribution in [0.1, 0.15) is 22.3 Å². The average molecular weight is 433 g/mol. The number of ether oxygens (including phenoxy) is 1. The number of anilines is 1. The largest absolute Gasteiger partial charge is 0.465 e. The van der Waals surface area contributed by atoms with E-state index in [9.17, 15) is 23.3 Å². The van der Waals surface area contributed by atoms with E-state index in [-0.39, 0.29) is 22.7 Å². The third-order valence-electron chi connectivity index (χ3n) is 5.05. The van der Waals surface area contributed by atoms with E-state index >= 15 is 0 Å². The van der Waals surface area contributed by atoms with Crippen LogP contribution < -0.4 is 4.90 Å². The highest BCUT2D eigenvalue weighted by molar-refractivity contribution is 7.89. The topological polar surface area (TPSA) is 110 Å². The number of nitro benzene ring substituents is 1. The van der Waals surface area contributed by atoms with Gasteiger partial charge in [-0.1, -0.05) is 17.7 Å². The van der Waals surface area contributed by atoms with E-state index in [4.69, 9.17) is 0 Å². The van der Waals surface area contributed by atoms with Crippen molar-refractivity contribution in [1.82, 2.24) is 4.31 Å². The molecular weight excluding hydrogens is 410 g/mol. The van der Waals surface area contributed by atoms with Gasteiger partial charge in [0.25, 0.3) is 5.69 Å². The maximum Gasteiger partial charge on any atom is 0.338 e. The Hall–Kier alpha value is -2.98. The summed E-state index contributed by atoms with van der Waals surface area (Å²) in [6.45, 7) is 3.16. The van der Waals surface area contributed by atoms with E-state index in [1.165, 1.54) is 29.6 Å². The van der Waals surface area contributed by atoms with Crippen LogP contribution in [0, 0.1) is 17.0 Å². The summed E-state index contributed by atoms with van der Waals surface area (Å²) in [6.07, 6.45) is 0.515. The molecule has 2 aromatic carbocycles. The summed E-state index contributed by atoms with van der Waals surface area (Å²) >= 11 is 0. The second-order valence-corrected chi connectivity index (χ2v) is 8.95. The normalized spacial score (nSPS) is 15.5. The molecule has 0 saturated carbocycles. The van der Waals surface area contributed by atoms with Gasteiger partial charge in [0.15, 0.2) is 0 Å². The number of rotatable bonds is 5. The molecule has 0 bridgehead atoms. The lowest BCUT2D eigenvalue weighted by Crippen LogP contribution is -2.35. The average Bonchev–Trinajstić information content (AvgIpc) is 2.99. The minimum atomic E-state index is -3.64. The maximum atomic E-state index is 13.0. The first-order valence-corrected chi connectivity index (χ1v) is 10.9. The van der Waals surface area contributed by atoms with Crippen molar-refractivity contribution in [2.24, 2.45) is 0 Å². The number of carbonyl (C=O) groups is 1. The van der Waals surface area contributed by atoms with Crippen molar-refractivity contribution in [3.63, 3.8) is 0 Å². The smallest absolute Gasteiger partial charge is 0.338 e. The predicted molar refractivity (Wildman–Crippen MR) is 111 cm³/mol. The lowest BCUT2D eigenvalue weighted by Gasteiger charge is -2.23. The number of esters is 1. The van der Waals surface area contributed by atoms with Gasteiger partial charge in [0, 0.05) is 32.2 Å². The molecule has 0 amide bonds. The van der Waals surface area contributed by atoms with Crippen LogP contribution in [0.25, 0.3) is 0 Å². The van der Waals surface area contributed by atoms with E-state index in [1.807, 2.05) is 6.92 Å². The van der Waals surface area contributed by atoms with Gasteiger partial charge >= 0.3 is 5.97 Å². The van der Waals surface area contributed by atoms with Gasteiger partial charge in [0.05, 0.1) is 22.5 Å². The number of methoxy groups -OCH3 is 1. The number of carbonyl (C=O) groups excluding carboxylic acids is 1. The Bertz CT molecular complexity index is 1050. The van der Waals surface area contributed by atoms with Gasteiger partial charge in [0.2, 0.25) is 10.0 Å². The van der Waals surface area contributed by atoms with Crippen molar-refractivity contribution >= 4 is 27.4 Å². The first-order chi connectivity index (χ1) is 14.2. The number of hydrogen-bond donors (Lipinski definition) is 0. The number of nitro groups is 1. The summed E-state index contributed by atoms with van der Waals surface area (Å²) in [7, 11) is -2.44. The third-order valence-corrected chi connectivity index (χ3v) is 6.96. The summed E-state index contributed by atoms with van der Waals surface area (Å²) in [6, 6.07) is 10.8. The lowest BCUT2D eigenvalue weighted by atomic mass is 10.1. The van der Waals surface area contributed by atoms with Crippen LogP contribution in [0.15, 0.2) is 47.4 Å². The Balaban J connectivity index is 1.84. The first-order valence-electron chi connectivity index (χ1n) is 9.42. The molecule has 0 spiro atoms. The van der Waals surface area contributed by atoms with Crippen molar-refractivity contribution in [2.75, 3.05) is 38.2 Å². The van der Waals surface area contributed by atoms with Crippen LogP contribution in [-0.4, -0.2) is 56.9 Å². The van der Waals surface area contributed by atoms with E-state index in [2.05, 4.69) is 4.74 Å². The lowest BCUT2D eigenvalue weighted by molar-refractivity contribution is -0.384. The van der Waals surface area contributed by atoms with Crippen molar-refractivity contribution in [1.29, 1.82) is 0 Å². The van der Waals surface area contributed by atoms with Crippen LogP contribution in [0.4, 0.5) is 11.4 Å². The van der Waals surface area contributed by atoms with Crippen molar-refractivity contribution in [3.05, 3.63) is 63.7 Å². The molecule has 0 unspecified atom stereocenters. The zero-order chi connectivity index (χ0) is 21.9. The van der Waals surface area contributed by atoms with E-state index in [0.29, 0.717) is 31.7 Å². The molecule has 1 aliphatic heterocycles. The first kappa shape index (κ1) is 21.7. The van der Waals surface area contributed by atoms with Crippen LogP contribution in [-0.2, 0) is 14.8 Å². The summed E-state index contributed by atoms with van der Waals surface area (Å²) in [4.78, 5) is 24.7. The van der Waals surface area contributed by atoms with Gasteiger partial charge in [-0.05, 0) is 37.6 Å². The molecule has 10 heteroatoms. The summed E-state index contributed by atoms with van der Waals surface area (Å²) in [5, 5.41) is 11.6. The van der Waals surface area contributed by atoms with Crippen LogP contribution in [0.5, 0.6) is 0 Å². The number of benzene rings is 2. The maximum absolute atomic E-state index is 13.0. The number of nitrogens with zero attached hydrogens (tertiary/aromatic N) is 3. The second kappa shape index (κ2) is 8.80. The van der Waals surface area contributed by atoms with E-state index in [1.54, 1.807) is 29.2 Å². The van der Waals surface area contributed by atoms with Crippen molar-refractivity contribution in [2.45, 2.75) is 18.2 Å². The van der Waals surface area contributed by atoms with Gasteiger partial charge < -0.3 is 9.64 Å². The Morgan fingerprint density at radius 3 is 2.40 bits per heavy atom. The highest BCUT2D eigenvalue weighted by atomic mass is 32.2. The van der Waals surface area contributed by atoms with Gasteiger partial charge in [-0.25, -0.2) is 13.2 Å². The van der Waals surface area contributed by atoms with Crippen LogP contribution in [0.2, 0.25) is 0 Å².